The molecule has 3 rings (SSSR count). The number of nitrogens with one attached hydrogen (secondary N) is 1. The van der Waals surface area contributed by atoms with Crippen molar-refractivity contribution < 1.29 is 14.3 Å². The number of hydrogen-bond donors (Lipinski definition) is 1. The molecular weight excluding hydrogens is 388 g/mol. The lowest BCUT2D eigenvalue weighted by Crippen LogP contribution is -2.47. The first-order valence-electron chi connectivity index (χ1n) is 10.1. The minimum Gasteiger partial charge on any atom is -0.484 e. The van der Waals surface area contributed by atoms with Crippen molar-refractivity contribution >= 4 is 23.4 Å². The van der Waals surface area contributed by atoms with Crippen molar-refractivity contribution in [3.05, 3.63) is 64.7 Å². The maximum absolute atomic E-state index is 12.4. The largest absolute Gasteiger partial charge is 0.484 e. The molecule has 0 aromatic heterocycles. The van der Waals surface area contributed by atoms with E-state index in [0.29, 0.717) is 29.4 Å². The topological polar surface area (TPSA) is 58.6 Å². The van der Waals surface area contributed by atoms with E-state index in [9.17, 15) is 9.59 Å². The minimum absolute atomic E-state index is 0.0230. The third-order valence-electron chi connectivity index (χ3n) is 5.11. The molecule has 0 spiro atoms. The van der Waals surface area contributed by atoms with E-state index in [4.69, 9.17) is 16.3 Å². The van der Waals surface area contributed by atoms with Gasteiger partial charge in [0.05, 0.1) is 0 Å². The molecule has 1 aliphatic rings. The highest BCUT2D eigenvalue weighted by molar-refractivity contribution is 6.30. The van der Waals surface area contributed by atoms with Crippen LogP contribution in [0.4, 0.5) is 0 Å². The molecule has 6 heteroatoms. The second-order valence-electron chi connectivity index (χ2n) is 7.32. The Morgan fingerprint density at radius 1 is 1.07 bits per heavy atom. The standard InChI is InChI=1S/C23H27ClN2O3/c1-2-3-17-4-10-21(11-5-17)29-16-22(27)26-14-12-20(13-15-26)25-23(28)18-6-8-19(24)9-7-18/h4-11,20H,2-3,12-16H2,1H3,(H,25,28). The summed E-state index contributed by atoms with van der Waals surface area (Å²) < 4.78 is 5.64. The van der Waals surface area contributed by atoms with Crippen LogP contribution in [-0.2, 0) is 11.2 Å². The average Bonchev–Trinajstić information content (AvgIpc) is 2.74. The summed E-state index contributed by atoms with van der Waals surface area (Å²) in [4.78, 5) is 26.5. The molecule has 5 nitrogen and oxygen atoms in total. The second-order valence-corrected chi connectivity index (χ2v) is 7.75. The van der Waals surface area contributed by atoms with Crippen molar-refractivity contribution in [1.29, 1.82) is 0 Å². The van der Waals surface area contributed by atoms with Gasteiger partial charge in [0.15, 0.2) is 6.61 Å². The fourth-order valence-electron chi connectivity index (χ4n) is 3.42. The normalized spacial score (nSPS) is 14.5. The maximum atomic E-state index is 12.4. The molecule has 1 N–H and O–H groups in total. The van der Waals surface area contributed by atoms with Gasteiger partial charge in [0, 0.05) is 29.7 Å². The number of amides is 2. The number of carbonyl (C=O) groups excluding carboxylic acids is 2. The van der Waals surface area contributed by atoms with E-state index in [0.717, 1.165) is 25.7 Å². The highest BCUT2D eigenvalue weighted by Crippen LogP contribution is 2.16. The number of halogens is 1. The van der Waals surface area contributed by atoms with Crippen molar-refractivity contribution in [2.45, 2.75) is 38.6 Å². The number of rotatable bonds is 7. The fourth-order valence-corrected chi connectivity index (χ4v) is 3.55. The zero-order chi connectivity index (χ0) is 20.6. The Balaban J connectivity index is 1.40. The quantitative estimate of drug-likeness (QED) is 0.742. The zero-order valence-corrected chi connectivity index (χ0v) is 17.5. The summed E-state index contributed by atoms with van der Waals surface area (Å²) in [5.41, 5.74) is 1.86. The molecule has 1 aliphatic heterocycles. The number of hydrogen-bond acceptors (Lipinski definition) is 3. The predicted molar refractivity (Wildman–Crippen MR) is 114 cm³/mol. The van der Waals surface area contributed by atoms with Gasteiger partial charge < -0.3 is 15.0 Å². The highest BCUT2D eigenvalue weighted by Gasteiger charge is 2.24. The summed E-state index contributed by atoms with van der Waals surface area (Å²) in [5, 5.41) is 3.64. The van der Waals surface area contributed by atoms with Gasteiger partial charge in [-0.05, 0) is 61.2 Å². The summed E-state index contributed by atoms with van der Waals surface area (Å²) in [5.74, 6) is 0.578. The number of carbonyl (C=O) groups is 2. The first kappa shape index (κ1) is 21.2. The van der Waals surface area contributed by atoms with E-state index in [2.05, 4.69) is 12.2 Å². The molecule has 0 saturated carbocycles. The van der Waals surface area contributed by atoms with E-state index in [1.54, 1.807) is 29.2 Å². The molecule has 1 saturated heterocycles. The molecule has 0 atom stereocenters. The van der Waals surface area contributed by atoms with Gasteiger partial charge in [-0.3, -0.25) is 9.59 Å². The number of aryl methyl sites for hydroxylation is 1. The van der Waals surface area contributed by atoms with Crippen molar-refractivity contribution in [2.75, 3.05) is 19.7 Å². The van der Waals surface area contributed by atoms with Gasteiger partial charge in [-0.1, -0.05) is 37.1 Å². The molecule has 0 radical (unpaired) electrons. The van der Waals surface area contributed by atoms with Crippen LogP contribution in [0.1, 0.15) is 42.1 Å². The first-order valence-corrected chi connectivity index (χ1v) is 10.5. The summed E-state index contributed by atoms with van der Waals surface area (Å²) in [7, 11) is 0. The minimum atomic E-state index is -0.110. The highest BCUT2D eigenvalue weighted by atomic mass is 35.5. The van der Waals surface area contributed by atoms with Gasteiger partial charge in [-0.15, -0.1) is 0 Å². The number of likely N-dealkylation sites (tertiary alicyclic amines) is 1. The zero-order valence-electron chi connectivity index (χ0n) is 16.7. The molecule has 0 unspecified atom stereocenters. The molecule has 1 fully saturated rings. The Labute approximate surface area is 177 Å². The van der Waals surface area contributed by atoms with Gasteiger partial charge in [0.2, 0.25) is 0 Å². The molecule has 2 amide bonds. The smallest absolute Gasteiger partial charge is 0.260 e. The molecule has 154 valence electrons. The first-order chi connectivity index (χ1) is 14.0. The SMILES string of the molecule is CCCc1ccc(OCC(=O)N2CCC(NC(=O)c3ccc(Cl)cc3)CC2)cc1. The van der Waals surface area contributed by atoms with Crippen LogP contribution >= 0.6 is 11.6 Å². The lowest BCUT2D eigenvalue weighted by atomic mass is 10.0. The Morgan fingerprint density at radius 2 is 1.72 bits per heavy atom. The van der Waals surface area contributed by atoms with Crippen LogP contribution in [0.5, 0.6) is 5.75 Å². The van der Waals surface area contributed by atoms with Gasteiger partial charge in [0.25, 0.3) is 11.8 Å². The lowest BCUT2D eigenvalue weighted by Gasteiger charge is -2.32. The van der Waals surface area contributed by atoms with Crippen LogP contribution in [0.3, 0.4) is 0 Å². The third-order valence-corrected chi connectivity index (χ3v) is 5.37. The van der Waals surface area contributed by atoms with Crippen LogP contribution in [0.15, 0.2) is 48.5 Å². The summed E-state index contributed by atoms with van der Waals surface area (Å²) in [6, 6.07) is 14.8. The molecule has 0 aliphatic carbocycles. The Bertz CT molecular complexity index is 813. The lowest BCUT2D eigenvalue weighted by molar-refractivity contribution is -0.134. The second kappa shape index (κ2) is 10.3. The predicted octanol–water partition coefficient (Wildman–Crippen LogP) is 4.09. The van der Waals surface area contributed by atoms with Gasteiger partial charge in [0.1, 0.15) is 5.75 Å². The van der Waals surface area contributed by atoms with Crippen LogP contribution in [-0.4, -0.2) is 42.5 Å². The molecular formula is C23H27ClN2O3. The maximum Gasteiger partial charge on any atom is 0.260 e. The Morgan fingerprint density at radius 3 is 2.34 bits per heavy atom. The van der Waals surface area contributed by atoms with E-state index in [-0.39, 0.29) is 24.5 Å². The molecule has 2 aromatic rings. The van der Waals surface area contributed by atoms with Crippen LogP contribution in [0.2, 0.25) is 5.02 Å². The van der Waals surface area contributed by atoms with Crippen molar-refractivity contribution in [3.63, 3.8) is 0 Å². The Hall–Kier alpha value is -2.53. The summed E-state index contributed by atoms with van der Waals surface area (Å²) in [6.45, 7) is 3.41. The van der Waals surface area contributed by atoms with Crippen molar-refractivity contribution in [3.8, 4) is 5.75 Å². The van der Waals surface area contributed by atoms with E-state index >= 15 is 0 Å². The van der Waals surface area contributed by atoms with E-state index in [1.807, 2.05) is 24.3 Å². The average molecular weight is 415 g/mol. The molecule has 0 bridgehead atoms. The number of ether oxygens (including phenoxy) is 1. The van der Waals surface area contributed by atoms with E-state index in [1.165, 1.54) is 5.56 Å². The van der Waals surface area contributed by atoms with Gasteiger partial charge in [-0.2, -0.15) is 0 Å². The molecule has 2 aromatic carbocycles. The van der Waals surface area contributed by atoms with Crippen LogP contribution < -0.4 is 10.1 Å². The number of nitrogens with zero attached hydrogens (tertiary/aromatic N) is 1. The van der Waals surface area contributed by atoms with Crippen LogP contribution in [0, 0.1) is 0 Å². The third kappa shape index (κ3) is 6.23. The summed E-state index contributed by atoms with van der Waals surface area (Å²) >= 11 is 5.86. The number of benzene rings is 2. The fraction of sp³-hybridized carbons (Fsp3) is 0.391. The van der Waals surface area contributed by atoms with Crippen LogP contribution in [0.25, 0.3) is 0 Å². The summed E-state index contributed by atoms with van der Waals surface area (Å²) in [6.07, 6.45) is 3.62. The van der Waals surface area contributed by atoms with E-state index < -0.39 is 0 Å². The number of piperidine rings is 1. The Kier molecular flexibility index (Phi) is 7.53. The van der Waals surface area contributed by atoms with Crippen molar-refractivity contribution in [2.24, 2.45) is 0 Å². The van der Waals surface area contributed by atoms with Gasteiger partial charge >= 0.3 is 0 Å². The molecule has 1 heterocycles. The monoisotopic (exact) mass is 414 g/mol. The van der Waals surface area contributed by atoms with Gasteiger partial charge in [-0.25, -0.2) is 0 Å². The van der Waals surface area contributed by atoms with Crippen molar-refractivity contribution in [1.82, 2.24) is 10.2 Å². The molecule has 29 heavy (non-hydrogen) atoms.